The summed E-state index contributed by atoms with van der Waals surface area (Å²) in [5.41, 5.74) is 1.80. The van der Waals surface area contributed by atoms with Crippen molar-refractivity contribution in [2.24, 2.45) is 0 Å². The summed E-state index contributed by atoms with van der Waals surface area (Å²) in [7, 11) is 0. The summed E-state index contributed by atoms with van der Waals surface area (Å²) in [6, 6.07) is 7.34. The lowest BCUT2D eigenvalue weighted by atomic mass is 10.1. The number of rotatable bonds is 4. The molecule has 0 aliphatic rings. The molecule has 5 heteroatoms. The molecule has 1 aromatic carbocycles. The summed E-state index contributed by atoms with van der Waals surface area (Å²) in [4.78, 5) is 18.1. The maximum absolute atomic E-state index is 11.0. The number of fused-ring (bicyclic) bond motifs is 3. The predicted octanol–water partition coefficient (Wildman–Crippen LogP) is 3.20. The van der Waals surface area contributed by atoms with E-state index >= 15 is 0 Å². The van der Waals surface area contributed by atoms with Crippen LogP contribution in [0.2, 0.25) is 0 Å². The van der Waals surface area contributed by atoms with E-state index in [0.29, 0.717) is 6.61 Å². The summed E-state index contributed by atoms with van der Waals surface area (Å²) < 4.78 is 5.61. The molecule has 3 aromatic rings. The number of carbonyl (C=O) groups is 1. The number of carboxylic acid groups (broad SMARTS) is 1. The minimum absolute atomic E-state index is 0.0401. The average molecular weight is 270 g/mol. The van der Waals surface area contributed by atoms with Crippen LogP contribution < -0.4 is 4.74 Å². The van der Waals surface area contributed by atoms with E-state index in [4.69, 9.17) is 9.84 Å². The van der Waals surface area contributed by atoms with Crippen LogP contribution in [-0.2, 0) is 0 Å². The minimum Gasteiger partial charge on any atom is -0.494 e. The number of aromatic amines is 1. The summed E-state index contributed by atoms with van der Waals surface area (Å²) >= 11 is 0. The van der Waals surface area contributed by atoms with Crippen molar-refractivity contribution in [1.82, 2.24) is 9.97 Å². The quantitative estimate of drug-likeness (QED) is 0.763. The van der Waals surface area contributed by atoms with Gasteiger partial charge in [-0.2, -0.15) is 0 Å². The number of pyridine rings is 1. The van der Waals surface area contributed by atoms with Crippen molar-refractivity contribution in [3.63, 3.8) is 0 Å². The average Bonchev–Trinajstić information content (AvgIpc) is 2.82. The lowest BCUT2D eigenvalue weighted by Crippen LogP contribution is -1.98. The van der Waals surface area contributed by atoms with Crippen LogP contribution >= 0.6 is 0 Å². The number of H-pyrrole nitrogens is 1. The van der Waals surface area contributed by atoms with E-state index in [2.05, 4.69) is 16.9 Å². The Bertz CT molecular complexity index is 792. The van der Waals surface area contributed by atoms with Crippen LogP contribution in [-0.4, -0.2) is 27.7 Å². The first kappa shape index (κ1) is 12.5. The summed E-state index contributed by atoms with van der Waals surface area (Å²) in [5.74, 6) is -0.242. The lowest BCUT2D eigenvalue weighted by molar-refractivity contribution is 0.0691. The highest BCUT2D eigenvalue weighted by Gasteiger charge is 2.10. The van der Waals surface area contributed by atoms with Gasteiger partial charge in [0.2, 0.25) is 0 Å². The van der Waals surface area contributed by atoms with Crippen molar-refractivity contribution in [1.29, 1.82) is 0 Å². The fraction of sp³-hybridized carbons (Fsp3) is 0.200. The predicted molar refractivity (Wildman–Crippen MR) is 76.3 cm³/mol. The fourth-order valence-electron chi connectivity index (χ4n) is 2.20. The second-order valence-corrected chi connectivity index (χ2v) is 4.60. The molecule has 0 radical (unpaired) electrons. The Morgan fingerprint density at radius 2 is 2.10 bits per heavy atom. The Balaban J connectivity index is 2.17. The smallest absolute Gasteiger partial charge is 0.354 e. The molecule has 0 spiro atoms. The number of ether oxygens (including phenoxy) is 1. The number of nitrogens with one attached hydrogen (secondary N) is 1. The van der Waals surface area contributed by atoms with Gasteiger partial charge in [0.05, 0.1) is 18.3 Å². The molecule has 5 nitrogen and oxygen atoms in total. The Hall–Kier alpha value is -2.56. The summed E-state index contributed by atoms with van der Waals surface area (Å²) in [6.45, 7) is 2.71. The van der Waals surface area contributed by atoms with Crippen molar-refractivity contribution in [2.45, 2.75) is 13.3 Å². The molecular weight excluding hydrogens is 256 g/mol. The SMILES string of the molecule is CCCOc1ccc2[nH]c3cnc(C(=O)O)cc3c2c1. The molecule has 20 heavy (non-hydrogen) atoms. The van der Waals surface area contributed by atoms with E-state index < -0.39 is 5.97 Å². The number of nitrogens with zero attached hydrogens (tertiary/aromatic N) is 1. The highest BCUT2D eigenvalue weighted by molar-refractivity contribution is 6.08. The van der Waals surface area contributed by atoms with Gasteiger partial charge in [0, 0.05) is 16.3 Å². The normalized spacial score (nSPS) is 11.1. The van der Waals surface area contributed by atoms with Crippen molar-refractivity contribution >= 4 is 27.8 Å². The standard InChI is InChI=1S/C15H14N2O3/c1-2-5-20-9-3-4-12-10(6-9)11-7-13(15(18)19)16-8-14(11)17-12/h3-4,6-8,17H,2,5H2,1H3,(H,18,19). The monoisotopic (exact) mass is 270 g/mol. The zero-order valence-electron chi connectivity index (χ0n) is 11.0. The van der Waals surface area contributed by atoms with Gasteiger partial charge in [-0.25, -0.2) is 9.78 Å². The number of benzene rings is 1. The molecule has 3 rings (SSSR count). The molecular formula is C15H14N2O3. The molecule has 0 unspecified atom stereocenters. The third-order valence-corrected chi connectivity index (χ3v) is 3.15. The molecule has 2 N–H and O–H groups in total. The van der Waals surface area contributed by atoms with Crippen LogP contribution in [0, 0.1) is 0 Å². The highest BCUT2D eigenvalue weighted by Crippen LogP contribution is 2.28. The van der Waals surface area contributed by atoms with E-state index in [1.54, 1.807) is 12.3 Å². The lowest BCUT2D eigenvalue weighted by Gasteiger charge is -2.04. The van der Waals surface area contributed by atoms with Crippen LogP contribution in [0.25, 0.3) is 21.8 Å². The molecule has 0 bridgehead atoms. The third-order valence-electron chi connectivity index (χ3n) is 3.15. The van der Waals surface area contributed by atoms with Gasteiger partial charge in [-0.15, -0.1) is 0 Å². The van der Waals surface area contributed by atoms with Gasteiger partial charge in [0.1, 0.15) is 11.4 Å². The molecule has 0 amide bonds. The number of aromatic carboxylic acids is 1. The fourth-order valence-corrected chi connectivity index (χ4v) is 2.20. The number of carboxylic acids is 1. The van der Waals surface area contributed by atoms with Crippen molar-refractivity contribution < 1.29 is 14.6 Å². The van der Waals surface area contributed by atoms with Crippen molar-refractivity contribution in [2.75, 3.05) is 6.61 Å². The van der Waals surface area contributed by atoms with Crippen LogP contribution in [0.1, 0.15) is 23.8 Å². The van der Waals surface area contributed by atoms with Crippen LogP contribution in [0.15, 0.2) is 30.5 Å². The summed E-state index contributed by atoms with van der Waals surface area (Å²) in [5, 5.41) is 10.8. The first-order valence-corrected chi connectivity index (χ1v) is 6.46. The number of aromatic nitrogens is 2. The Morgan fingerprint density at radius 3 is 2.85 bits per heavy atom. The van der Waals surface area contributed by atoms with Gasteiger partial charge >= 0.3 is 5.97 Å². The Labute approximate surface area is 115 Å². The molecule has 0 saturated carbocycles. The molecule has 0 fully saturated rings. The second-order valence-electron chi connectivity index (χ2n) is 4.60. The van der Waals surface area contributed by atoms with E-state index in [-0.39, 0.29) is 5.69 Å². The van der Waals surface area contributed by atoms with Crippen LogP contribution in [0.4, 0.5) is 0 Å². The Kier molecular flexibility index (Phi) is 3.02. The van der Waals surface area contributed by atoms with E-state index in [0.717, 1.165) is 34.0 Å². The molecule has 2 heterocycles. The summed E-state index contributed by atoms with van der Waals surface area (Å²) in [6.07, 6.45) is 2.49. The highest BCUT2D eigenvalue weighted by atomic mass is 16.5. The molecule has 102 valence electrons. The van der Waals surface area contributed by atoms with Gasteiger partial charge in [-0.3, -0.25) is 0 Å². The van der Waals surface area contributed by atoms with Gasteiger partial charge in [-0.1, -0.05) is 6.92 Å². The number of hydrogen-bond donors (Lipinski definition) is 2. The third kappa shape index (κ3) is 2.07. The van der Waals surface area contributed by atoms with E-state index in [9.17, 15) is 4.79 Å². The number of hydrogen-bond acceptors (Lipinski definition) is 3. The molecule has 0 aliphatic carbocycles. The maximum atomic E-state index is 11.0. The maximum Gasteiger partial charge on any atom is 0.354 e. The van der Waals surface area contributed by atoms with Crippen molar-refractivity contribution in [3.05, 3.63) is 36.2 Å². The van der Waals surface area contributed by atoms with Gasteiger partial charge < -0.3 is 14.8 Å². The molecule has 0 atom stereocenters. The minimum atomic E-state index is -1.03. The van der Waals surface area contributed by atoms with Crippen molar-refractivity contribution in [3.8, 4) is 5.75 Å². The van der Waals surface area contributed by atoms with E-state index in [1.165, 1.54) is 0 Å². The largest absolute Gasteiger partial charge is 0.494 e. The van der Waals surface area contributed by atoms with Gasteiger partial charge in [0.25, 0.3) is 0 Å². The zero-order valence-corrected chi connectivity index (χ0v) is 11.0. The Morgan fingerprint density at radius 1 is 1.30 bits per heavy atom. The van der Waals surface area contributed by atoms with Gasteiger partial charge in [0.15, 0.2) is 0 Å². The first-order chi connectivity index (χ1) is 9.69. The zero-order chi connectivity index (χ0) is 14.1. The van der Waals surface area contributed by atoms with Gasteiger partial charge in [-0.05, 0) is 30.7 Å². The second kappa shape index (κ2) is 4.85. The van der Waals surface area contributed by atoms with E-state index in [1.807, 2.05) is 18.2 Å². The van der Waals surface area contributed by atoms with Crippen LogP contribution in [0.3, 0.4) is 0 Å². The first-order valence-electron chi connectivity index (χ1n) is 6.46. The molecule has 0 aliphatic heterocycles. The molecule has 0 saturated heterocycles. The van der Waals surface area contributed by atoms with Crippen LogP contribution in [0.5, 0.6) is 5.75 Å². The topological polar surface area (TPSA) is 75.2 Å². The molecule has 2 aromatic heterocycles.